The zero-order chi connectivity index (χ0) is 17.6. The van der Waals surface area contributed by atoms with Crippen LogP contribution in [0.3, 0.4) is 0 Å². The van der Waals surface area contributed by atoms with Crippen molar-refractivity contribution in [2.24, 2.45) is 0 Å². The molecule has 0 radical (unpaired) electrons. The van der Waals surface area contributed by atoms with Gasteiger partial charge >= 0.3 is 0 Å². The Balaban J connectivity index is 1.97. The molecule has 0 N–H and O–H groups in total. The van der Waals surface area contributed by atoms with Gasteiger partial charge in [0, 0.05) is 16.5 Å². The molecule has 3 nitrogen and oxygen atoms in total. The number of allylic oxidation sites excluding steroid dienone is 1. The van der Waals surface area contributed by atoms with Gasteiger partial charge in [0.25, 0.3) is 0 Å². The highest BCUT2D eigenvalue weighted by Gasteiger charge is 2.24. The number of carbonyl (C=O) groups is 1. The monoisotopic (exact) mass is 352 g/mol. The minimum atomic E-state index is -1.22. The van der Waals surface area contributed by atoms with Gasteiger partial charge in [-0.2, -0.15) is 0 Å². The van der Waals surface area contributed by atoms with Crippen LogP contribution in [0.5, 0.6) is 0 Å². The van der Waals surface area contributed by atoms with Crippen LogP contribution in [0.15, 0.2) is 42.5 Å². The molecule has 124 valence electrons. The molecular formula is C20H12ClFNO2-. The summed E-state index contributed by atoms with van der Waals surface area (Å²) in [6.07, 6.45) is 2.75. The minimum absolute atomic E-state index is 0.170. The Labute approximate surface area is 148 Å². The summed E-state index contributed by atoms with van der Waals surface area (Å²) in [6.45, 7) is 0. The van der Waals surface area contributed by atoms with Crippen LogP contribution in [0, 0.1) is 5.82 Å². The lowest BCUT2D eigenvalue weighted by molar-refractivity contribution is -0.254. The van der Waals surface area contributed by atoms with Crippen molar-refractivity contribution in [3.63, 3.8) is 0 Å². The molecule has 4 rings (SSSR count). The first-order valence-electron chi connectivity index (χ1n) is 7.84. The number of carboxylic acids is 1. The van der Waals surface area contributed by atoms with Gasteiger partial charge in [0.15, 0.2) is 0 Å². The fraction of sp³-hybridized carbons (Fsp3) is 0.100. The van der Waals surface area contributed by atoms with Gasteiger partial charge < -0.3 is 9.90 Å². The second kappa shape index (κ2) is 5.97. The third-order valence-electron chi connectivity index (χ3n) is 4.46. The van der Waals surface area contributed by atoms with Gasteiger partial charge in [0.1, 0.15) is 5.82 Å². The molecule has 0 saturated carbocycles. The first-order chi connectivity index (χ1) is 12.1. The molecule has 25 heavy (non-hydrogen) atoms. The molecule has 0 bridgehead atoms. The predicted octanol–water partition coefficient (Wildman–Crippen LogP) is 3.88. The number of nitrogens with zero attached hydrogens (tertiary/aromatic N) is 1. The van der Waals surface area contributed by atoms with Gasteiger partial charge in [-0.15, -0.1) is 0 Å². The summed E-state index contributed by atoms with van der Waals surface area (Å²) in [5.41, 5.74) is 3.03. The van der Waals surface area contributed by atoms with Gasteiger partial charge in [-0.1, -0.05) is 35.9 Å². The van der Waals surface area contributed by atoms with E-state index in [-0.39, 0.29) is 11.1 Å². The summed E-state index contributed by atoms with van der Waals surface area (Å²) in [5, 5.41) is 12.6. The van der Waals surface area contributed by atoms with E-state index in [1.807, 2.05) is 0 Å². The highest BCUT2D eigenvalue weighted by atomic mass is 35.5. The van der Waals surface area contributed by atoms with Crippen LogP contribution in [0.25, 0.3) is 22.6 Å². The molecule has 1 heterocycles. The topological polar surface area (TPSA) is 53.0 Å². The van der Waals surface area contributed by atoms with E-state index in [0.29, 0.717) is 40.0 Å². The van der Waals surface area contributed by atoms with E-state index in [9.17, 15) is 14.3 Å². The number of benzene rings is 2. The molecule has 0 saturated heterocycles. The van der Waals surface area contributed by atoms with Gasteiger partial charge in [-0.05, 0) is 48.3 Å². The third-order valence-corrected chi connectivity index (χ3v) is 4.79. The Bertz CT molecular complexity index is 1040. The molecule has 0 fully saturated rings. The molecule has 5 heteroatoms. The van der Waals surface area contributed by atoms with Crippen LogP contribution in [0.4, 0.5) is 4.39 Å². The van der Waals surface area contributed by atoms with Crippen molar-refractivity contribution in [2.45, 2.75) is 12.8 Å². The number of aromatic nitrogens is 1. The van der Waals surface area contributed by atoms with E-state index >= 15 is 0 Å². The van der Waals surface area contributed by atoms with Crippen molar-refractivity contribution in [2.75, 3.05) is 0 Å². The molecular weight excluding hydrogens is 341 g/mol. The van der Waals surface area contributed by atoms with Crippen molar-refractivity contribution in [1.82, 2.24) is 4.98 Å². The Morgan fingerprint density at radius 2 is 1.96 bits per heavy atom. The molecule has 0 atom stereocenters. The summed E-state index contributed by atoms with van der Waals surface area (Å²) in [7, 11) is 0. The SMILES string of the molecule is O=C([O-])c1c2c(nc3ccccc13)/C(=C/c1c(F)cccc1Cl)CC2. The smallest absolute Gasteiger partial charge is 0.131 e. The summed E-state index contributed by atoms with van der Waals surface area (Å²) in [4.78, 5) is 16.3. The molecule has 0 aliphatic heterocycles. The zero-order valence-corrected chi connectivity index (χ0v) is 13.8. The average Bonchev–Trinajstić information content (AvgIpc) is 2.98. The summed E-state index contributed by atoms with van der Waals surface area (Å²) in [6, 6.07) is 11.6. The van der Waals surface area contributed by atoms with Crippen molar-refractivity contribution < 1.29 is 14.3 Å². The molecule has 0 spiro atoms. The number of rotatable bonds is 2. The maximum Gasteiger partial charge on any atom is 0.131 e. The average molecular weight is 353 g/mol. The van der Waals surface area contributed by atoms with Crippen molar-refractivity contribution in [3.05, 3.63) is 75.7 Å². The summed E-state index contributed by atoms with van der Waals surface area (Å²) in [5.74, 6) is -1.64. The number of hydrogen-bond acceptors (Lipinski definition) is 3. The lowest BCUT2D eigenvalue weighted by Gasteiger charge is -2.13. The van der Waals surface area contributed by atoms with Crippen molar-refractivity contribution >= 4 is 40.1 Å². The largest absolute Gasteiger partial charge is 0.545 e. The molecule has 1 aliphatic carbocycles. The molecule has 0 unspecified atom stereocenters. The fourth-order valence-corrected chi connectivity index (χ4v) is 3.55. The normalized spacial score (nSPS) is 14.9. The van der Waals surface area contributed by atoms with E-state index in [1.54, 1.807) is 42.5 Å². The highest BCUT2D eigenvalue weighted by molar-refractivity contribution is 6.32. The zero-order valence-electron chi connectivity index (χ0n) is 13.1. The van der Waals surface area contributed by atoms with Crippen molar-refractivity contribution in [3.8, 4) is 0 Å². The molecule has 1 aromatic heterocycles. The maximum atomic E-state index is 14.1. The van der Waals surface area contributed by atoms with Crippen LogP contribution in [-0.4, -0.2) is 11.0 Å². The van der Waals surface area contributed by atoms with E-state index in [4.69, 9.17) is 11.6 Å². The summed E-state index contributed by atoms with van der Waals surface area (Å²) < 4.78 is 14.1. The number of hydrogen-bond donors (Lipinski definition) is 0. The van der Waals surface area contributed by atoms with E-state index in [1.165, 1.54) is 6.07 Å². The number of pyridine rings is 1. The second-order valence-electron chi connectivity index (χ2n) is 5.92. The number of aromatic carboxylic acids is 1. The standard InChI is InChI=1S/C20H13ClFNO2/c21-15-5-3-6-16(22)14(15)10-11-8-9-13-18(20(24)25)12-4-1-2-7-17(12)23-19(11)13/h1-7,10H,8-9H2,(H,24,25)/p-1/b11-10+. The van der Waals surface area contributed by atoms with Crippen LogP contribution in [-0.2, 0) is 6.42 Å². The lowest BCUT2D eigenvalue weighted by atomic mass is 10.0. The molecule has 2 aromatic carbocycles. The third kappa shape index (κ3) is 2.59. The second-order valence-corrected chi connectivity index (χ2v) is 6.33. The highest BCUT2D eigenvalue weighted by Crippen LogP contribution is 2.38. The number of fused-ring (bicyclic) bond motifs is 2. The molecule has 1 aliphatic rings. The predicted molar refractivity (Wildman–Crippen MR) is 93.7 cm³/mol. The molecule has 3 aromatic rings. The Hall–Kier alpha value is -2.72. The quantitative estimate of drug-likeness (QED) is 0.703. The maximum absolute atomic E-state index is 14.1. The van der Waals surface area contributed by atoms with Crippen LogP contribution >= 0.6 is 11.6 Å². The Morgan fingerprint density at radius 1 is 1.16 bits per heavy atom. The van der Waals surface area contributed by atoms with Crippen molar-refractivity contribution in [1.29, 1.82) is 0 Å². The van der Waals surface area contributed by atoms with Crippen LogP contribution in [0.2, 0.25) is 5.02 Å². The van der Waals surface area contributed by atoms with Crippen LogP contribution in [0.1, 0.15) is 33.6 Å². The van der Waals surface area contributed by atoms with Crippen LogP contribution < -0.4 is 5.11 Å². The van der Waals surface area contributed by atoms with Gasteiger partial charge in [0.05, 0.1) is 22.2 Å². The first kappa shape index (κ1) is 15.8. The number of para-hydroxylation sites is 1. The first-order valence-corrected chi connectivity index (χ1v) is 8.22. The van der Waals surface area contributed by atoms with E-state index in [2.05, 4.69) is 4.98 Å². The van der Waals surface area contributed by atoms with E-state index < -0.39 is 11.8 Å². The Kier molecular flexibility index (Phi) is 3.77. The number of carboxylic acid groups (broad SMARTS) is 1. The lowest BCUT2D eigenvalue weighted by Crippen LogP contribution is -2.24. The van der Waals surface area contributed by atoms with Gasteiger partial charge in [-0.3, -0.25) is 0 Å². The van der Waals surface area contributed by atoms with Gasteiger partial charge in [0.2, 0.25) is 0 Å². The Morgan fingerprint density at radius 3 is 2.72 bits per heavy atom. The van der Waals surface area contributed by atoms with Gasteiger partial charge in [-0.25, -0.2) is 9.37 Å². The number of halogens is 2. The molecule has 0 amide bonds. The number of carbonyl (C=O) groups excluding carboxylic acids is 1. The van der Waals surface area contributed by atoms with E-state index in [0.717, 1.165) is 5.57 Å². The summed E-state index contributed by atoms with van der Waals surface area (Å²) >= 11 is 6.10. The minimum Gasteiger partial charge on any atom is -0.545 e. The fourth-order valence-electron chi connectivity index (χ4n) is 3.34.